The SMILES string of the molecule is CC(N)Cc1ccc2cccnc2c1N. The van der Waals surface area contributed by atoms with Crippen LogP contribution in [-0.2, 0) is 6.42 Å². The zero-order valence-electron chi connectivity index (χ0n) is 8.77. The molecule has 4 N–H and O–H groups in total. The lowest BCUT2D eigenvalue weighted by Crippen LogP contribution is -2.18. The fourth-order valence-electron chi connectivity index (χ4n) is 1.73. The van der Waals surface area contributed by atoms with Crippen molar-refractivity contribution in [2.45, 2.75) is 19.4 Å². The highest BCUT2D eigenvalue weighted by Crippen LogP contribution is 2.23. The van der Waals surface area contributed by atoms with Crippen LogP contribution >= 0.6 is 0 Å². The van der Waals surface area contributed by atoms with Crippen LogP contribution in [0.3, 0.4) is 0 Å². The first-order valence-corrected chi connectivity index (χ1v) is 5.06. The minimum absolute atomic E-state index is 0.119. The molecule has 0 saturated heterocycles. The Balaban J connectivity index is 2.55. The second-order valence-electron chi connectivity index (χ2n) is 3.89. The molecule has 1 atom stereocenters. The second kappa shape index (κ2) is 3.87. The van der Waals surface area contributed by atoms with Crippen LogP contribution in [0.25, 0.3) is 10.9 Å². The molecule has 78 valence electrons. The molecule has 2 rings (SSSR count). The van der Waals surface area contributed by atoms with E-state index in [-0.39, 0.29) is 6.04 Å². The molecule has 1 aromatic heterocycles. The van der Waals surface area contributed by atoms with Gasteiger partial charge in [0.1, 0.15) is 0 Å². The first-order chi connectivity index (χ1) is 7.18. The van der Waals surface area contributed by atoms with Crippen molar-refractivity contribution in [1.82, 2.24) is 4.98 Å². The van der Waals surface area contributed by atoms with Gasteiger partial charge in [-0.2, -0.15) is 0 Å². The standard InChI is InChI=1S/C12H15N3/c1-8(13)7-10-5-4-9-3-2-6-15-12(9)11(10)14/h2-6,8H,7,13-14H2,1H3. The summed E-state index contributed by atoms with van der Waals surface area (Å²) in [5, 5.41) is 1.07. The summed E-state index contributed by atoms with van der Waals surface area (Å²) in [6, 6.07) is 8.11. The summed E-state index contributed by atoms with van der Waals surface area (Å²) < 4.78 is 0. The Bertz CT molecular complexity index is 477. The van der Waals surface area contributed by atoms with E-state index in [9.17, 15) is 0 Å². The fraction of sp³-hybridized carbons (Fsp3) is 0.250. The Labute approximate surface area is 89.1 Å². The van der Waals surface area contributed by atoms with Crippen LogP contribution in [0.4, 0.5) is 5.69 Å². The second-order valence-corrected chi connectivity index (χ2v) is 3.89. The van der Waals surface area contributed by atoms with E-state index in [0.717, 1.165) is 28.6 Å². The van der Waals surface area contributed by atoms with Crippen molar-refractivity contribution in [3.05, 3.63) is 36.0 Å². The lowest BCUT2D eigenvalue weighted by molar-refractivity contribution is 0.740. The van der Waals surface area contributed by atoms with E-state index in [1.807, 2.05) is 31.2 Å². The zero-order chi connectivity index (χ0) is 10.8. The number of benzene rings is 1. The molecule has 2 aromatic rings. The molecule has 0 radical (unpaired) electrons. The molecule has 15 heavy (non-hydrogen) atoms. The third kappa shape index (κ3) is 1.92. The molecule has 3 nitrogen and oxygen atoms in total. The quantitative estimate of drug-likeness (QED) is 0.727. The third-order valence-electron chi connectivity index (χ3n) is 2.45. The van der Waals surface area contributed by atoms with E-state index in [2.05, 4.69) is 4.98 Å². The van der Waals surface area contributed by atoms with E-state index < -0.39 is 0 Å². The van der Waals surface area contributed by atoms with Crippen LogP contribution in [0.2, 0.25) is 0 Å². The number of hydrogen-bond acceptors (Lipinski definition) is 3. The van der Waals surface area contributed by atoms with Gasteiger partial charge >= 0.3 is 0 Å². The van der Waals surface area contributed by atoms with Crippen LogP contribution in [0, 0.1) is 0 Å². The van der Waals surface area contributed by atoms with Gasteiger partial charge < -0.3 is 11.5 Å². The van der Waals surface area contributed by atoms with Crippen LogP contribution in [0.1, 0.15) is 12.5 Å². The van der Waals surface area contributed by atoms with E-state index >= 15 is 0 Å². The number of hydrogen-bond donors (Lipinski definition) is 2. The number of rotatable bonds is 2. The molecular weight excluding hydrogens is 186 g/mol. The number of nitrogen functional groups attached to an aromatic ring is 1. The highest BCUT2D eigenvalue weighted by Gasteiger charge is 2.06. The van der Waals surface area contributed by atoms with Crippen molar-refractivity contribution in [2.75, 3.05) is 5.73 Å². The van der Waals surface area contributed by atoms with Gasteiger partial charge in [0.05, 0.1) is 11.2 Å². The van der Waals surface area contributed by atoms with Gasteiger partial charge in [-0.1, -0.05) is 18.2 Å². The van der Waals surface area contributed by atoms with Gasteiger partial charge in [0.2, 0.25) is 0 Å². The van der Waals surface area contributed by atoms with Crippen molar-refractivity contribution in [3.8, 4) is 0 Å². The average molecular weight is 201 g/mol. The largest absolute Gasteiger partial charge is 0.397 e. The first-order valence-electron chi connectivity index (χ1n) is 5.06. The maximum Gasteiger partial charge on any atom is 0.0933 e. The number of pyridine rings is 1. The predicted molar refractivity (Wildman–Crippen MR) is 63.5 cm³/mol. The molecular formula is C12H15N3. The van der Waals surface area contributed by atoms with Crippen LogP contribution in [-0.4, -0.2) is 11.0 Å². The molecule has 0 spiro atoms. The maximum atomic E-state index is 6.05. The molecule has 3 heteroatoms. The molecule has 1 heterocycles. The Morgan fingerprint density at radius 2 is 2.13 bits per heavy atom. The van der Waals surface area contributed by atoms with Gasteiger partial charge in [-0.15, -0.1) is 0 Å². The van der Waals surface area contributed by atoms with E-state index in [0.29, 0.717) is 0 Å². The monoisotopic (exact) mass is 201 g/mol. The minimum Gasteiger partial charge on any atom is -0.397 e. The lowest BCUT2D eigenvalue weighted by atomic mass is 10.0. The number of nitrogens with zero attached hydrogens (tertiary/aromatic N) is 1. The molecule has 0 aliphatic rings. The van der Waals surface area contributed by atoms with Gasteiger partial charge in [-0.25, -0.2) is 0 Å². The Morgan fingerprint density at radius 3 is 2.87 bits per heavy atom. The Hall–Kier alpha value is -1.61. The number of aromatic nitrogens is 1. The van der Waals surface area contributed by atoms with Crippen molar-refractivity contribution >= 4 is 16.6 Å². The molecule has 0 aliphatic carbocycles. The first kappa shape index (κ1) is 9.93. The van der Waals surface area contributed by atoms with E-state index in [1.54, 1.807) is 6.20 Å². The van der Waals surface area contributed by atoms with Gasteiger partial charge in [0.15, 0.2) is 0 Å². The van der Waals surface area contributed by atoms with Crippen LogP contribution in [0.15, 0.2) is 30.5 Å². The molecule has 1 aromatic carbocycles. The highest BCUT2D eigenvalue weighted by molar-refractivity contribution is 5.90. The Kier molecular flexibility index (Phi) is 2.56. The molecule has 0 aliphatic heterocycles. The maximum absolute atomic E-state index is 6.05. The lowest BCUT2D eigenvalue weighted by Gasteiger charge is -2.10. The van der Waals surface area contributed by atoms with E-state index in [4.69, 9.17) is 11.5 Å². The third-order valence-corrected chi connectivity index (χ3v) is 2.45. The van der Waals surface area contributed by atoms with Crippen LogP contribution < -0.4 is 11.5 Å². The van der Waals surface area contributed by atoms with Gasteiger partial charge in [-0.3, -0.25) is 4.98 Å². The number of fused-ring (bicyclic) bond motifs is 1. The number of anilines is 1. The van der Waals surface area contributed by atoms with Gasteiger partial charge in [0, 0.05) is 17.6 Å². The average Bonchev–Trinajstić information content (AvgIpc) is 2.22. The summed E-state index contributed by atoms with van der Waals surface area (Å²) in [7, 11) is 0. The summed E-state index contributed by atoms with van der Waals surface area (Å²) in [4.78, 5) is 4.28. The van der Waals surface area contributed by atoms with Gasteiger partial charge in [-0.05, 0) is 25.0 Å². The summed E-state index contributed by atoms with van der Waals surface area (Å²) >= 11 is 0. The summed E-state index contributed by atoms with van der Waals surface area (Å²) in [6.45, 7) is 1.97. The Morgan fingerprint density at radius 1 is 1.33 bits per heavy atom. The predicted octanol–water partition coefficient (Wildman–Crippen LogP) is 1.71. The van der Waals surface area contributed by atoms with Crippen molar-refractivity contribution < 1.29 is 0 Å². The summed E-state index contributed by atoms with van der Waals surface area (Å²) in [5.41, 5.74) is 14.5. The molecule has 0 fully saturated rings. The van der Waals surface area contributed by atoms with Crippen molar-refractivity contribution in [1.29, 1.82) is 0 Å². The van der Waals surface area contributed by atoms with Crippen LogP contribution in [0.5, 0.6) is 0 Å². The van der Waals surface area contributed by atoms with E-state index in [1.165, 1.54) is 0 Å². The fourth-order valence-corrected chi connectivity index (χ4v) is 1.73. The normalized spacial score (nSPS) is 12.9. The highest BCUT2D eigenvalue weighted by atomic mass is 14.7. The minimum atomic E-state index is 0.119. The smallest absolute Gasteiger partial charge is 0.0933 e. The topological polar surface area (TPSA) is 64.9 Å². The molecule has 0 bridgehead atoms. The summed E-state index contributed by atoms with van der Waals surface area (Å²) in [6.07, 6.45) is 2.55. The van der Waals surface area contributed by atoms with Crippen molar-refractivity contribution in [3.63, 3.8) is 0 Å². The summed E-state index contributed by atoms with van der Waals surface area (Å²) in [5.74, 6) is 0. The number of nitrogens with two attached hydrogens (primary N) is 2. The molecule has 1 unspecified atom stereocenters. The van der Waals surface area contributed by atoms with Crippen molar-refractivity contribution in [2.24, 2.45) is 5.73 Å². The van der Waals surface area contributed by atoms with Gasteiger partial charge in [0.25, 0.3) is 0 Å². The zero-order valence-corrected chi connectivity index (χ0v) is 8.77. The molecule has 0 amide bonds. The molecule has 0 saturated carbocycles.